The number of aromatic carboxylic acids is 1. The molecule has 0 amide bonds. The third-order valence-corrected chi connectivity index (χ3v) is 6.42. The molecule has 194 valence electrons. The van der Waals surface area contributed by atoms with E-state index in [9.17, 15) is 31.5 Å². The van der Waals surface area contributed by atoms with E-state index in [4.69, 9.17) is 15.2 Å². The summed E-state index contributed by atoms with van der Waals surface area (Å²) < 4.78 is 59.8. The predicted octanol–water partition coefficient (Wildman–Crippen LogP) is 2.85. The summed E-state index contributed by atoms with van der Waals surface area (Å²) in [6, 6.07) is 14.5. The first-order valence-electron chi connectivity index (χ1n) is 10.4. The van der Waals surface area contributed by atoms with Gasteiger partial charge < -0.3 is 15.1 Å². The summed E-state index contributed by atoms with van der Waals surface area (Å²) in [5.41, 5.74) is 0.876. The van der Waals surface area contributed by atoms with Crippen molar-refractivity contribution in [1.29, 1.82) is 5.26 Å². The number of alkyl halides is 3. The molecule has 1 heterocycles. The van der Waals surface area contributed by atoms with Crippen molar-refractivity contribution >= 4 is 33.3 Å². The summed E-state index contributed by atoms with van der Waals surface area (Å²) in [6.45, 7) is 3.49. The van der Waals surface area contributed by atoms with Crippen LogP contribution in [0.25, 0.3) is 0 Å². The lowest BCUT2D eigenvalue weighted by molar-refractivity contribution is -0.192. The van der Waals surface area contributed by atoms with Crippen LogP contribution in [0.1, 0.15) is 16.8 Å². The van der Waals surface area contributed by atoms with Crippen LogP contribution in [0.3, 0.4) is 0 Å². The number of carbonyl (C=O) groups is 2. The number of hydrogen-bond acceptors (Lipinski definition) is 7. The highest BCUT2D eigenvalue weighted by molar-refractivity contribution is 7.92. The third kappa shape index (κ3) is 8.14. The minimum Gasteiger partial charge on any atom is -0.478 e. The van der Waals surface area contributed by atoms with Gasteiger partial charge in [0.2, 0.25) is 0 Å². The average Bonchev–Trinajstić information content (AvgIpc) is 2.83. The number of carboxylic acids is 2. The summed E-state index contributed by atoms with van der Waals surface area (Å²) >= 11 is 0. The molecule has 2 aromatic carbocycles. The number of nitrogens with one attached hydrogen (secondary N) is 1. The predicted molar refractivity (Wildman–Crippen MR) is 123 cm³/mol. The number of rotatable bonds is 7. The highest BCUT2D eigenvalue weighted by Crippen LogP contribution is 2.30. The maximum Gasteiger partial charge on any atom is 0.490 e. The first-order chi connectivity index (χ1) is 16.8. The van der Waals surface area contributed by atoms with E-state index >= 15 is 0 Å². The minimum atomic E-state index is -5.08. The molecule has 10 nitrogen and oxygen atoms in total. The SMILES string of the molecule is N#CCCN1CCN(c2ccc(C(=O)O)cc2NS(=O)(=O)c2ccccc2)CC1.O=C(O)C(F)(F)F. The monoisotopic (exact) mass is 528 g/mol. The van der Waals surface area contributed by atoms with Crippen LogP contribution in [0.15, 0.2) is 53.4 Å². The van der Waals surface area contributed by atoms with Crippen LogP contribution >= 0.6 is 0 Å². The Morgan fingerprint density at radius 1 is 1.03 bits per heavy atom. The van der Waals surface area contributed by atoms with Crippen LogP contribution in [-0.4, -0.2) is 74.4 Å². The van der Waals surface area contributed by atoms with E-state index in [-0.39, 0.29) is 16.1 Å². The van der Waals surface area contributed by atoms with Gasteiger partial charge in [-0.2, -0.15) is 18.4 Å². The fraction of sp³-hybridized carbons (Fsp3) is 0.318. The fourth-order valence-corrected chi connectivity index (χ4v) is 4.34. The molecule has 3 rings (SSSR count). The Morgan fingerprint density at radius 3 is 2.11 bits per heavy atom. The quantitative estimate of drug-likeness (QED) is 0.493. The number of halogens is 3. The minimum absolute atomic E-state index is 0.00664. The smallest absolute Gasteiger partial charge is 0.478 e. The topological polar surface area (TPSA) is 151 Å². The molecule has 3 N–H and O–H groups in total. The molecule has 36 heavy (non-hydrogen) atoms. The van der Waals surface area contributed by atoms with E-state index in [1.807, 2.05) is 4.90 Å². The molecular formula is C22H23F3N4O6S. The highest BCUT2D eigenvalue weighted by atomic mass is 32.2. The summed E-state index contributed by atoms with van der Waals surface area (Å²) in [7, 11) is -3.86. The molecular weight excluding hydrogens is 505 g/mol. The molecule has 1 aliphatic rings. The summed E-state index contributed by atoms with van der Waals surface area (Å²) in [5.74, 6) is -3.88. The van der Waals surface area contributed by atoms with Crippen molar-refractivity contribution < 1.29 is 41.4 Å². The molecule has 0 bridgehead atoms. The number of sulfonamides is 1. The Kier molecular flexibility index (Phi) is 9.65. The van der Waals surface area contributed by atoms with Crippen LogP contribution in [0, 0.1) is 11.3 Å². The van der Waals surface area contributed by atoms with Gasteiger partial charge in [-0.25, -0.2) is 18.0 Å². The number of benzene rings is 2. The zero-order valence-corrected chi connectivity index (χ0v) is 19.6. The van der Waals surface area contributed by atoms with Gasteiger partial charge in [0.15, 0.2) is 0 Å². The number of hydrogen-bond donors (Lipinski definition) is 3. The number of nitriles is 1. The van der Waals surface area contributed by atoms with Crippen LogP contribution in [0.5, 0.6) is 0 Å². The second-order valence-electron chi connectivity index (χ2n) is 7.50. The Balaban J connectivity index is 0.000000572. The van der Waals surface area contributed by atoms with Crippen molar-refractivity contribution in [2.75, 3.05) is 42.3 Å². The van der Waals surface area contributed by atoms with Gasteiger partial charge in [-0.3, -0.25) is 9.62 Å². The molecule has 0 radical (unpaired) electrons. The summed E-state index contributed by atoms with van der Waals surface area (Å²) in [5, 5.41) is 25.2. The largest absolute Gasteiger partial charge is 0.490 e. The van der Waals surface area contributed by atoms with Gasteiger partial charge in [-0.15, -0.1) is 0 Å². The Bertz CT molecular complexity index is 1210. The molecule has 0 aliphatic carbocycles. The number of carboxylic acid groups (broad SMARTS) is 2. The molecule has 14 heteroatoms. The van der Waals surface area contributed by atoms with Crippen molar-refractivity contribution in [3.8, 4) is 6.07 Å². The maximum absolute atomic E-state index is 12.8. The van der Waals surface area contributed by atoms with Crippen molar-refractivity contribution in [2.45, 2.75) is 17.5 Å². The lowest BCUT2D eigenvalue weighted by atomic mass is 10.1. The van der Waals surface area contributed by atoms with Gasteiger partial charge in [0.1, 0.15) is 0 Å². The molecule has 0 spiro atoms. The summed E-state index contributed by atoms with van der Waals surface area (Å²) in [6.07, 6.45) is -4.62. The second kappa shape index (κ2) is 12.2. The van der Waals surface area contributed by atoms with Gasteiger partial charge in [0.05, 0.1) is 27.9 Å². The van der Waals surface area contributed by atoms with Crippen LogP contribution < -0.4 is 9.62 Å². The first-order valence-corrected chi connectivity index (χ1v) is 11.9. The van der Waals surface area contributed by atoms with Crippen molar-refractivity contribution in [3.05, 3.63) is 54.1 Å². The lowest BCUT2D eigenvalue weighted by Gasteiger charge is -2.36. The lowest BCUT2D eigenvalue weighted by Crippen LogP contribution is -2.46. The van der Waals surface area contributed by atoms with E-state index in [0.717, 1.165) is 13.1 Å². The third-order valence-electron chi connectivity index (χ3n) is 5.04. The molecule has 1 saturated heterocycles. The maximum atomic E-state index is 12.8. The molecule has 2 aromatic rings. The molecule has 0 saturated carbocycles. The van der Waals surface area contributed by atoms with Crippen LogP contribution in [-0.2, 0) is 14.8 Å². The number of piperazine rings is 1. The molecule has 0 unspecified atom stereocenters. The Hall–Kier alpha value is -3.83. The second-order valence-corrected chi connectivity index (χ2v) is 9.18. The number of nitrogens with zero attached hydrogens (tertiary/aromatic N) is 3. The zero-order chi connectivity index (χ0) is 26.9. The van der Waals surface area contributed by atoms with Crippen LogP contribution in [0.4, 0.5) is 24.5 Å². The number of aliphatic carboxylic acids is 1. The highest BCUT2D eigenvalue weighted by Gasteiger charge is 2.38. The molecule has 1 fully saturated rings. The zero-order valence-electron chi connectivity index (χ0n) is 18.8. The van der Waals surface area contributed by atoms with Gasteiger partial charge in [-0.05, 0) is 30.3 Å². The van der Waals surface area contributed by atoms with E-state index < -0.39 is 28.1 Å². The van der Waals surface area contributed by atoms with Gasteiger partial charge in [-0.1, -0.05) is 18.2 Å². The first kappa shape index (κ1) is 28.4. The van der Waals surface area contributed by atoms with Crippen molar-refractivity contribution in [2.24, 2.45) is 0 Å². The van der Waals surface area contributed by atoms with Crippen LogP contribution in [0.2, 0.25) is 0 Å². The fourth-order valence-electron chi connectivity index (χ4n) is 3.25. The number of anilines is 2. The molecule has 0 atom stereocenters. The molecule has 1 aliphatic heterocycles. The van der Waals surface area contributed by atoms with Crippen molar-refractivity contribution in [3.63, 3.8) is 0 Å². The van der Waals surface area contributed by atoms with Gasteiger partial charge in [0, 0.05) is 39.1 Å². The molecule has 0 aromatic heterocycles. The van der Waals surface area contributed by atoms with E-state index in [2.05, 4.69) is 15.7 Å². The Labute approximate surface area is 205 Å². The van der Waals surface area contributed by atoms with E-state index in [1.165, 1.54) is 24.3 Å². The summed E-state index contributed by atoms with van der Waals surface area (Å²) in [4.78, 5) is 24.6. The van der Waals surface area contributed by atoms with E-state index in [0.29, 0.717) is 31.7 Å². The normalized spacial score (nSPS) is 14.2. The van der Waals surface area contributed by atoms with Crippen molar-refractivity contribution in [1.82, 2.24) is 4.90 Å². The average molecular weight is 529 g/mol. The van der Waals surface area contributed by atoms with E-state index in [1.54, 1.807) is 24.3 Å². The Morgan fingerprint density at radius 2 is 1.61 bits per heavy atom. The van der Waals surface area contributed by atoms with Gasteiger partial charge in [0.25, 0.3) is 10.0 Å². The standard InChI is InChI=1S/C20H22N4O4S.C2HF3O2/c21-9-4-10-23-11-13-24(14-12-23)19-8-7-16(20(25)26)15-18(19)22-29(27,28)17-5-2-1-3-6-17;3-2(4,5)1(6)7/h1-3,5-8,15,22H,4,10-14H2,(H,25,26);(H,6,7). The van der Waals surface area contributed by atoms with Gasteiger partial charge >= 0.3 is 18.1 Å².